The van der Waals surface area contributed by atoms with Crippen molar-refractivity contribution in [1.29, 1.82) is 0 Å². The minimum Gasteiger partial charge on any atom is -0.497 e. The number of anilines is 1. The van der Waals surface area contributed by atoms with E-state index in [1.807, 2.05) is 0 Å². The van der Waals surface area contributed by atoms with E-state index >= 15 is 0 Å². The number of H-pyrrole nitrogens is 1. The lowest BCUT2D eigenvalue weighted by atomic mass is 10.3. The van der Waals surface area contributed by atoms with Gasteiger partial charge in [-0.3, -0.25) is 9.32 Å². The van der Waals surface area contributed by atoms with Crippen LogP contribution in [0.3, 0.4) is 0 Å². The van der Waals surface area contributed by atoms with Crippen molar-refractivity contribution in [1.82, 2.24) is 5.27 Å². The summed E-state index contributed by atoms with van der Waals surface area (Å²) in [6.07, 6.45) is 0. The zero-order valence-corrected chi connectivity index (χ0v) is 15.3. The Bertz CT molecular complexity index is 969. The fourth-order valence-corrected chi connectivity index (χ4v) is 3.13. The molecule has 2 N–H and O–H groups in total. The summed E-state index contributed by atoms with van der Waals surface area (Å²) in [5.41, 5.74) is 0.630. The second-order valence-electron chi connectivity index (χ2n) is 5.14. The van der Waals surface area contributed by atoms with Gasteiger partial charge in [0.1, 0.15) is 5.75 Å². The fraction of sp³-hybridized carbons (Fsp3) is 0.118. The molecule has 0 aliphatic carbocycles. The number of ether oxygens (including phenoxy) is 1. The lowest BCUT2D eigenvalue weighted by Crippen LogP contribution is -2.36. The average molecular weight is 393 g/mol. The van der Waals surface area contributed by atoms with E-state index < -0.39 is 5.63 Å². The highest BCUT2D eigenvalue weighted by atomic mass is 35.5. The van der Waals surface area contributed by atoms with Crippen LogP contribution in [0.25, 0.3) is 5.69 Å². The molecule has 0 spiro atoms. The molecule has 1 heterocycles. The number of benzene rings is 2. The van der Waals surface area contributed by atoms with Crippen LogP contribution in [0.1, 0.15) is 0 Å². The van der Waals surface area contributed by atoms with Gasteiger partial charge in [0.05, 0.1) is 23.6 Å². The van der Waals surface area contributed by atoms with Gasteiger partial charge in [0, 0.05) is 12.1 Å². The van der Waals surface area contributed by atoms with Crippen molar-refractivity contribution in [2.75, 3.05) is 18.2 Å². The number of aromatic nitrogens is 2. The highest BCUT2D eigenvalue weighted by Crippen LogP contribution is 2.21. The van der Waals surface area contributed by atoms with Gasteiger partial charge < -0.3 is 10.1 Å². The van der Waals surface area contributed by atoms with Crippen molar-refractivity contribution in [3.8, 4) is 11.4 Å². The molecule has 2 aromatic carbocycles. The van der Waals surface area contributed by atoms with Gasteiger partial charge in [-0.15, -0.1) is 0 Å². The number of amides is 1. The van der Waals surface area contributed by atoms with Crippen molar-refractivity contribution >= 4 is 35.0 Å². The molecular formula is C17H15ClN3O4S+. The highest BCUT2D eigenvalue weighted by molar-refractivity contribution is 7.99. The Balaban J connectivity index is 1.72. The van der Waals surface area contributed by atoms with Crippen LogP contribution in [0.4, 0.5) is 5.69 Å². The van der Waals surface area contributed by atoms with Crippen LogP contribution in [0.15, 0.2) is 62.9 Å². The molecule has 3 aromatic rings. The summed E-state index contributed by atoms with van der Waals surface area (Å²) in [5, 5.41) is 5.93. The second kappa shape index (κ2) is 8.11. The molecule has 134 valence electrons. The predicted octanol–water partition coefficient (Wildman–Crippen LogP) is 2.64. The summed E-state index contributed by atoms with van der Waals surface area (Å²) < 4.78 is 11.4. The van der Waals surface area contributed by atoms with Gasteiger partial charge in [0.2, 0.25) is 11.6 Å². The molecule has 0 saturated carbocycles. The fourth-order valence-electron chi connectivity index (χ4n) is 2.17. The van der Waals surface area contributed by atoms with Gasteiger partial charge in [-0.05, 0) is 46.0 Å². The molecule has 0 radical (unpaired) electrons. The van der Waals surface area contributed by atoms with E-state index in [9.17, 15) is 9.59 Å². The highest BCUT2D eigenvalue weighted by Gasteiger charge is 2.25. The molecule has 0 saturated heterocycles. The van der Waals surface area contributed by atoms with Crippen molar-refractivity contribution in [3.63, 3.8) is 0 Å². The minimum atomic E-state index is -0.559. The van der Waals surface area contributed by atoms with Crippen LogP contribution in [0, 0.1) is 0 Å². The molecule has 1 amide bonds. The third-order valence-electron chi connectivity index (χ3n) is 3.43. The first-order valence-electron chi connectivity index (χ1n) is 7.53. The number of para-hydroxylation sites is 1. The van der Waals surface area contributed by atoms with Crippen LogP contribution in [0.2, 0.25) is 5.02 Å². The summed E-state index contributed by atoms with van der Waals surface area (Å²) in [4.78, 5) is 24.1. The standard InChI is InChI=1S/C17H14ClN3O4S/c1-24-12-8-6-11(7-9-12)21-16(17(23)25-20-21)26-10-15(22)19-14-5-3-2-4-13(14)18/h2-9H,10H2,1H3,(H-,19,20,22,23)/p+1. The van der Waals surface area contributed by atoms with E-state index in [1.165, 1.54) is 4.68 Å². The molecule has 7 nitrogen and oxygen atoms in total. The Labute approximate surface area is 157 Å². The summed E-state index contributed by atoms with van der Waals surface area (Å²) >= 11 is 7.07. The number of halogens is 1. The second-order valence-corrected chi connectivity index (χ2v) is 6.51. The molecule has 0 aliphatic rings. The molecule has 26 heavy (non-hydrogen) atoms. The normalized spacial score (nSPS) is 10.5. The molecule has 3 rings (SSSR count). The number of hydrogen-bond acceptors (Lipinski definition) is 5. The zero-order valence-electron chi connectivity index (χ0n) is 13.7. The Morgan fingerprint density at radius 3 is 2.69 bits per heavy atom. The van der Waals surface area contributed by atoms with E-state index in [-0.39, 0.29) is 16.7 Å². The van der Waals surface area contributed by atoms with Crippen molar-refractivity contribution in [3.05, 3.63) is 64.0 Å². The molecule has 0 aliphatic heterocycles. The largest absolute Gasteiger partial charge is 0.497 e. The number of nitrogens with zero attached hydrogens (tertiary/aromatic N) is 1. The number of hydrogen-bond donors (Lipinski definition) is 2. The van der Waals surface area contributed by atoms with Crippen LogP contribution in [0.5, 0.6) is 5.75 Å². The summed E-state index contributed by atoms with van der Waals surface area (Å²) in [6, 6.07) is 14.0. The Morgan fingerprint density at radius 1 is 1.27 bits per heavy atom. The molecule has 0 bridgehead atoms. The Hall–Kier alpha value is -2.71. The number of aromatic amines is 1. The quantitative estimate of drug-likeness (QED) is 0.497. The Morgan fingerprint density at radius 2 is 2.00 bits per heavy atom. The number of carbonyl (C=O) groups excluding carboxylic acids is 1. The zero-order chi connectivity index (χ0) is 18.5. The lowest BCUT2D eigenvalue weighted by molar-refractivity contribution is -0.704. The molecule has 9 heteroatoms. The molecule has 0 unspecified atom stereocenters. The van der Waals surface area contributed by atoms with Gasteiger partial charge in [-0.1, -0.05) is 23.7 Å². The maximum Gasteiger partial charge on any atom is 0.442 e. The van der Waals surface area contributed by atoms with Gasteiger partial charge in [0.15, 0.2) is 0 Å². The van der Waals surface area contributed by atoms with Gasteiger partial charge in [0.25, 0.3) is 0 Å². The topological polar surface area (TPSA) is 88.2 Å². The predicted molar refractivity (Wildman–Crippen MR) is 98.2 cm³/mol. The van der Waals surface area contributed by atoms with Crippen molar-refractivity contribution in [2.45, 2.75) is 5.03 Å². The molecule has 1 aromatic heterocycles. The first-order valence-corrected chi connectivity index (χ1v) is 8.90. The minimum absolute atomic E-state index is 0.0178. The van der Waals surface area contributed by atoms with E-state index in [4.69, 9.17) is 20.9 Å². The smallest absolute Gasteiger partial charge is 0.442 e. The third kappa shape index (κ3) is 4.09. The number of thioether (sulfide) groups is 1. The summed E-state index contributed by atoms with van der Waals surface area (Å²) in [5.74, 6) is 0.419. The average Bonchev–Trinajstić information content (AvgIpc) is 3.02. The first-order chi connectivity index (χ1) is 12.6. The van der Waals surface area contributed by atoms with E-state index in [0.29, 0.717) is 22.1 Å². The van der Waals surface area contributed by atoms with E-state index in [2.05, 4.69) is 10.6 Å². The van der Waals surface area contributed by atoms with Gasteiger partial charge in [-0.2, -0.15) is 0 Å². The maximum atomic E-state index is 12.1. The van der Waals surface area contributed by atoms with Crippen LogP contribution in [-0.2, 0) is 4.79 Å². The first kappa shape index (κ1) is 18.1. The summed E-state index contributed by atoms with van der Waals surface area (Å²) in [7, 11) is 1.57. The third-order valence-corrected chi connectivity index (χ3v) is 4.78. The van der Waals surface area contributed by atoms with Crippen LogP contribution >= 0.6 is 23.4 Å². The molecule has 0 fully saturated rings. The van der Waals surface area contributed by atoms with Gasteiger partial charge >= 0.3 is 10.7 Å². The number of methoxy groups -OCH3 is 1. The van der Waals surface area contributed by atoms with E-state index in [0.717, 1.165) is 11.8 Å². The molecular weight excluding hydrogens is 378 g/mol. The van der Waals surface area contributed by atoms with Gasteiger partial charge in [-0.25, -0.2) is 4.79 Å². The summed E-state index contributed by atoms with van der Waals surface area (Å²) in [6.45, 7) is 0. The van der Waals surface area contributed by atoms with Crippen molar-refractivity contribution < 1.29 is 18.7 Å². The number of nitrogens with one attached hydrogen (secondary N) is 2. The SMILES string of the molecule is COc1ccc(-[n+]2[nH]oc(=O)c2SCC(=O)Nc2ccccc2Cl)cc1. The van der Waals surface area contributed by atoms with Crippen molar-refractivity contribution in [2.24, 2.45) is 0 Å². The Kier molecular flexibility index (Phi) is 5.65. The lowest BCUT2D eigenvalue weighted by Gasteiger charge is -2.05. The monoisotopic (exact) mass is 392 g/mol. The number of carbonyl (C=O) groups is 1. The van der Waals surface area contributed by atoms with Crippen LogP contribution in [-0.4, -0.2) is 24.0 Å². The van der Waals surface area contributed by atoms with E-state index in [1.54, 1.807) is 55.6 Å². The maximum absolute atomic E-state index is 12.1. The number of rotatable bonds is 6. The van der Waals surface area contributed by atoms with Crippen LogP contribution < -0.4 is 20.4 Å². The molecule has 0 atom stereocenters.